The lowest BCUT2D eigenvalue weighted by molar-refractivity contribution is -0.0470. The van der Waals surface area contributed by atoms with Gasteiger partial charge in [-0.3, -0.25) is 23.4 Å². The summed E-state index contributed by atoms with van der Waals surface area (Å²) in [6.45, 7) is 10.9. The van der Waals surface area contributed by atoms with Crippen molar-refractivity contribution in [2.45, 2.75) is 83.8 Å². The van der Waals surface area contributed by atoms with Crippen LogP contribution >= 0.6 is 30.4 Å². The lowest BCUT2D eigenvalue weighted by Crippen LogP contribution is -2.33. The molecule has 1 aromatic heterocycles. The molecule has 0 radical (unpaired) electrons. The summed E-state index contributed by atoms with van der Waals surface area (Å²) >= 11 is 1.79. The van der Waals surface area contributed by atoms with Gasteiger partial charge in [-0.2, -0.15) is 0 Å². The van der Waals surface area contributed by atoms with E-state index in [2.05, 4.69) is 4.98 Å². The molecule has 204 valence electrons. The first kappa shape index (κ1) is 28.4. The highest BCUT2D eigenvalue weighted by Gasteiger charge is 2.43. The number of phosphoric acid groups is 1. The molecule has 1 saturated heterocycles. The highest BCUT2D eigenvalue weighted by molar-refractivity contribution is 14.1. The zero-order valence-corrected chi connectivity index (χ0v) is 24.5. The van der Waals surface area contributed by atoms with Crippen LogP contribution in [0, 0.1) is 9.39 Å². The van der Waals surface area contributed by atoms with Gasteiger partial charge in [0.2, 0.25) is 0 Å². The molecular weight excluding hydrogens is 619 g/mol. The van der Waals surface area contributed by atoms with Crippen LogP contribution in [-0.4, -0.2) is 33.5 Å². The SMILES string of the molecule is CC(C)(C)c1cc(C(C)(C)C)c2c(c1F)CO[P@@](=O)(OC[C@H]1O[C@@H](n3cc([125I])c(=O)[nH]c3=O)C[C@@H]1O)O2. The standard InChI is InChI=1S/C24H31FIN2O8P/c1-23(2,3)13-7-14(24(4,5)6)20-12(19(13)25)10-33-37(32,36-20)34-11-17-16(29)8-18(35-17)28-9-15(26)21(30)27-22(28)31/h7,9,16-18,29H,8,10-11H2,1-6H3,(H,27,30,31)/t16-,17+,18+,37-/m0/s1/i26-2. The molecule has 2 N–H and O–H groups in total. The van der Waals surface area contributed by atoms with Gasteiger partial charge in [-0.25, -0.2) is 13.8 Å². The van der Waals surface area contributed by atoms with Crippen LogP contribution in [0.3, 0.4) is 0 Å². The van der Waals surface area contributed by atoms with Gasteiger partial charge in [0.15, 0.2) is 0 Å². The number of nitrogens with zero attached hydrogens (tertiary/aromatic N) is 1. The van der Waals surface area contributed by atoms with E-state index in [9.17, 15) is 19.3 Å². The number of benzene rings is 1. The Bertz CT molecular complexity index is 1380. The Morgan fingerprint density at radius 1 is 1.22 bits per heavy atom. The second-order valence-electron chi connectivity index (χ2n) is 11.3. The zero-order valence-electron chi connectivity index (χ0n) is 21.5. The van der Waals surface area contributed by atoms with Crippen molar-refractivity contribution in [3.8, 4) is 5.75 Å². The van der Waals surface area contributed by atoms with E-state index in [1.807, 2.05) is 41.5 Å². The summed E-state index contributed by atoms with van der Waals surface area (Å²) in [5, 5.41) is 10.5. The van der Waals surface area contributed by atoms with Crippen LogP contribution in [-0.2, 0) is 35.8 Å². The summed E-state index contributed by atoms with van der Waals surface area (Å²) in [4.78, 5) is 26.0. The third-order valence-corrected chi connectivity index (χ3v) is 8.42. The van der Waals surface area contributed by atoms with Crippen LogP contribution < -0.4 is 15.8 Å². The Labute approximate surface area is 227 Å². The molecule has 1 fully saturated rings. The Hall–Kier alpha value is -1.57. The number of aromatic nitrogens is 2. The van der Waals surface area contributed by atoms with Gasteiger partial charge in [-0.05, 0) is 45.1 Å². The van der Waals surface area contributed by atoms with E-state index < -0.39 is 54.2 Å². The second-order valence-corrected chi connectivity index (χ2v) is 14.0. The summed E-state index contributed by atoms with van der Waals surface area (Å²) in [5.74, 6) is -0.340. The Kier molecular flexibility index (Phi) is 7.59. The molecule has 0 saturated carbocycles. The van der Waals surface area contributed by atoms with Crippen molar-refractivity contribution in [3.05, 3.63) is 59.2 Å². The molecule has 2 aliphatic rings. The quantitative estimate of drug-likeness (QED) is 0.371. The van der Waals surface area contributed by atoms with Crippen molar-refractivity contribution in [3.63, 3.8) is 0 Å². The summed E-state index contributed by atoms with van der Waals surface area (Å²) in [6, 6.07) is 1.74. The maximum absolute atomic E-state index is 15.4. The largest absolute Gasteiger partial charge is 0.530 e. The van der Waals surface area contributed by atoms with Gasteiger partial charge >= 0.3 is 13.5 Å². The fourth-order valence-corrected chi connectivity index (χ4v) is 5.92. The number of H-pyrrole nitrogens is 1. The molecule has 4 rings (SSSR count). The number of nitrogens with one attached hydrogen (secondary N) is 1. The fraction of sp³-hybridized carbons (Fsp3) is 0.583. The number of hydrogen-bond acceptors (Lipinski definition) is 8. The molecule has 10 nitrogen and oxygen atoms in total. The molecule has 3 heterocycles. The van der Waals surface area contributed by atoms with E-state index in [0.717, 1.165) is 0 Å². The van der Waals surface area contributed by atoms with E-state index in [1.165, 1.54) is 10.8 Å². The highest BCUT2D eigenvalue weighted by atomic mass is 125. The molecule has 4 atom stereocenters. The van der Waals surface area contributed by atoms with Crippen LogP contribution in [0.25, 0.3) is 0 Å². The second kappa shape index (κ2) is 9.87. The number of aliphatic hydroxyl groups excluding tert-OH is 1. The van der Waals surface area contributed by atoms with E-state index in [1.54, 1.807) is 28.7 Å². The maximum Gasteiger partial charge on any atom is 0.530 e. The van der Waals surface area contributed by atoms with Crippen LogP contribution in [0.5, 0.6) is 5.75 Å². The van der Waals surface area contributed by atoms with Gasteiger partial charge in [0.05, 0.1) is 28.5 Å². The Morgan fingerprint density at radius 2 is 1.86 bits per heavy atom. The van der Waals surface area contributed by atoms with E-state index in [4.69, 9.17) is 18.3 Å². The minimum absolute atomic E-state index is 0.0415. The predicted molar refractivity (Wildman–Crippen MR) is 141 cm³/mol. The van der Waals surface area contributed by atoms with E-state index >= 15 is 4.39 Å². The van der Waals surface area contributed by atoms with E-state index in [0.29, 0.717) is 11.1 Å². The van der Waals surface area contributed by atoms with Crippen molar-refractivity contribution < 1.29 is 32.4 Å². The number of phosphoric ester groups is 1. The van der Waals surface area contributed by atoms with Gasteiger partial charge < -0.3 is 14.4 Å². The minimum atomic E-state index is -4.19. The van der Waals surface area contributed by atoms with E-state index in [-0.39, 0.29) is 34.5 Å². The van der Waals surface area contributed by atoms with Crippen LogP contribution in [0.1, 0.15) is 70.9 Å². The van der Waals surface area contributed by atoms with Crippen molar-refractivity contribution in [1.82, 2.24) is 9.55 Å². The molecule has 2 aliphatic heterocycles. The van der Waals surface area contributed by atoms with Gasteiger partial charge in [0.1, 0.15) is 23.9 Å². The van der Waals surface area contributed by atoms with Crippen molar-refractivity contribution in [2.24, 2.45) is 0 Å². The smallest absolute Gasteiger partial charge is 0.403 e. The van der Waals surface area contributed by atoms with Gasteiger partial charge in [-0.1, -0.05) is 41.5 Å². The maximum atomic E-state index is 15.4. The third-order valence-electron chi connectivity index (χ3n) is 6.33. The van der Waals surface area contributed by atoms with Crippen molar-refractivity contribution in [2.75, 3.05) is 6.61 Å². The summed E-state index contributed by atoms with van der Waals surface area (Å²) in [6.07, 6.45) is -1.50. The number of ether oxygens (including phenoxy) is 1. The Balaban J connectivity index is 1.55. The minimum Gasteiger partial charge on any atom is -0.403 e. The molecule has 2 aromatic rings. The number of fused-ring (bicyclic) bond motifs is 1. The van der Waals surface area contributed by atoms with Gasteiger partial charge in [0.25, 0.3) is 5.56 Å². The van der Waals surface area contributed by atoms with Crippen LogP contribution in [0.2, 0.25) is 0 Å². The molecular formula is C24H31FIN2O8P. The molecule has 0 bridgehead atoms. The summed E-state index contributed by atoms with van der Waals surface area (Å²) in [5.41, 5.74) is -0.789. The molecule has 0 unspecified atom stereocenters. The topological polar surface area (TPSA) is 129 Å². The number of halogens is 2. The zero-order chi connectivity index (χ0) is 27.5. The average Bonchev–Trinajstić information content (AvgIpc) is 3.13. The number of rotatable bonds is 4. The number of hydrogen-bond donors (Lipinski definition) is 2. The fourth-order valence-electron chi connectivity index (χ4n) is 4.25. The molecule has 0 aliphatic carbocycles. The third kappa shape index (κ3) is 5.74. The van der Waals surface area contributed by atoms with Crippen LogP contribution in [0.15, 0.2) is 21.9 Å². The highest BCUT2D eigenvalue weighted by Crippen LogP contribution is 2.58. The molecule has 37 heavy (non-hydrogen) atoms. The summed E-state index contributed by atoms with van der Waals surface area (Å²) < 4.78 is 52.7. The Morgan fingerprint density at radius 3 is 2.49 bits per heavy atom. The average molecular weight is 650 g/mol. The first-order valence-electron chi connectivity index (χ1n) is 11.8. The lowest BCUT2D eigenvalue weighted by atomic mass is 9.78. The molecule has 0 amide bonds. The number of aliphatic hydroxyl groups is 1. The van der Waals surface area contributed by atoms with Crippen molar-refractivity contribution in [1.29, 1.82) is 0 Å². The number of aromatic amines is 1. The molecule has 13 heteroatoms. The predicted octanol–water partition coefficient (Wildman–Crippen LogP) is 4.26. The van der Waals surface area contributed by atoms with Crippen LogP contribution in [0.4, 0.5) is 4.39 Å². The monoisotopic (exact) mass is 650 g/mol. The van der Waals surface area contributed by atoms with Gasteiger partial charge in [0, 0.05) is 18.2 Å². The summed E-state index contributed by atoms with van der Waals surface area (Å²) in [7, 11) is -4.19. The van der Waals surface area contributed by atoms with Gasteiger partial charge in [-0.15, -0.1) is 0 Å². The van der Waals surface area contributed by atoms with Crippen molar-refractivity contribution >= 4 is 30.4 Å². The molecule has 1 aromatic carbocycles. The first-order chi connectivity index (χ1) is 17.0. The first-order valence-corrected chi connectivity index (χ1v) is 14.3. The molecule has 0 spiro atoms. The lowest BCUT2D eigenvalue weighted by Gasteiger charge is -2.33. The normalized spacial score (nSPS) is 26.1.